The molecule has 0 radical (unpaired) electrons. The SMILES string of the molecule is c1csc(-c2ccc(-c3cc4ccccc4s3)[nH]2)c1. The third-order valence-corrected chi connectivity index (χ3v) is 5.22. The molecule has 0 fully saturated rings. The van der Waals surface area contributed by atoms with E-state index in [1.54, 1.807) is 11.3 Å². The Bertz CT molecular complexity index is 788. The molecule has 4 rings (SSSR count). The zero-order valence-electron chi connectivity index (χ0n) is 10.1. The first-order valence-electron chi connectivity index (χ1n) is 6.12. The van der Waals surface area contributed by atoms with Crippen molar-refractivity contribution in [3.63, 3.8) is 0 Å². The van der Waals surface area contributed by atoms with Gasteiger partial charge in [0.2, 0.25) is 0 Å². The fourth-order valence-corrected chi connectivity index (χ4v) is 3.98. The van der Waals surface area contributed by atoms with Crippen LogP contribution < -0.4 is 0 Å². The fraction of sp³-hybridized carbons (Fsp3) is 0. The van der Waals surface area contributed by atoms with Gasteiger partial charge >= 0.3 is 0 Å². The number of aromatic amines is 1. The number of fused-ring (bicyclic) bond motifs is 1. The molecule has 4 aromatic rings. The number of H-pyrrole nitrogens is 1. The number of benzene rings is 1. The molecule has 0 aliphatic carbocycles. The van der Waals surface area contributed by atoms with Gasteiger partial charge in [0.15, 0.2) is 0 Å². The third-order valence-electron chi connectivity index (χ3n) is 3.16. The summed E-state index contributed by atoms with van der Waals surface area (Å²) >= 11 is 3.59. The van der Waals surface area contributed by atoms with Gasteiger partial charge in [-0.1, -0.05) is 24.3 Å². The highest BCUT2D eigenvalue weighted by Gasteiger charge is 2.07. The molecule has 3 heteroatoms. The van der Waals surface area contributed by atoms with Crippen LogP contribution in [0.25, 0.3) is 31.2 Å². The average molecular weight is 281 g/mol. The molecule has 0 atom stereocenters. The zero-order valence-corrected chi connectivity index (χ0v) is 11.7. The van der Waals surface area contributed by atoms with Gasteiger partial charge in [0.1, 0.15) is 0 Å². The fourth-order valence-electron chi connectivity index (χ4n) is 2.23. The van der Waals surface area contributed by atoms with Crippen LogP contribution in [0.15, 0.2) is 60.0 Å². The van der Waals surface area contributed by atoms with Crippen molar-refractivity contribution in [3.05, 3.63) is 60.0 Å². The summed E-state index contributed by atoms with van der Waals surface area (Å²) in [6.45, 7) is 0. The zero-order chi connectivity index (χ0) is 12.7. The summed E-state index contributed by atoms with van der Waals surface area (Å²) in [5, 5.41) is 3.42. The van der Waals surface area contributed by atoms with Crippen molar-refractivity contribution in [3.8, 4) is 21.1 Å². The topological polar surface area (TPSA) is 15.8 Å². The van der Waals surface area contributed by atoms with E-state index in [9.17, 15) is 0 Å². The highest BCUT2D eigenvalue weighted by atomic mass is 32.1. The third kappa shape index (κ3) is 1.91. The first-order valence-corrected chi connectivity index (χ1v) is 7.81. The molecular weight excluding hydrogens is 270 g/mol. The molecule has 1 aromatic carbocycles. The quantitative estimate of drug-likeness (QED) is 0.490. The molecule has 0 aliphatic rings. The smallest absolute Gasteiger partial charge is 0.0560 e. The Morgan fingerprint density at radius 3 is 2.42 bits per heavy atom. The van der Waals surface area contributed by atoms with E-state index < -0.39 is 0 Å². The van der Waals surface area contributed by atoms with Crippen LogP contribution in [0.5, 0.6) is 0 Å². The van der Waals surface area contributed by atoms with Crippen molar-refractivity contribution in [1.29, 1.82) is 0 Å². The Morgan fingerprint density at radius 2 is 1.63 bits per heavy atom. The van der Waals surface area contributed by atoms with Crippen molar-refractivity contribution in [2.75, 3.05) is 0 Å². The van der Waals surface area contributed by atoms with Gasteiger partial charge in [0.05, 0.1) is 21.1 Å². The van der Waals surface area contributed by atoms with Crippen LogP contribution in [0.3, 0.4) is 0 Å². The summed E-state index contributed by atoms with van der Waals surface area (Å²) in [5.74, 6) is 0. The molecule has 1 N–H and O–H groups in total. The first kappa shape index (κ1) is 11.0. The number of nitrogens with one attached hydrogen (secondary N) is 1. The Hall–Kier alpha value is -1.84. The van der Waals surface area contributed by atoms with Gasteiger partial charge in [0.25, 0.3) is 0 Å². The number of rotatable bonds is 2. The highest BCUT2D eigenvalue weighted by Crippen LogP contribution is 2.34. The maximum atomic E-state index is 3.51. The van der Waals surface area contributed by atoms with Gasteiger partial charge < -0.3 is 4.98 Å². The van der Waals surface area contributed by atoms with Crippen LogP contribution in [0.4, 0.5) is 0 Å². The molecule has 3 heterocycles. The lowest BCUT2D eigenvalue weighted by Gasteiger charge is -1.92. The molecule has 0 amide bonds. The van der Waals surface area contributed by atoms with Gasteiger partial charge in [-0.05, 0) is 41.1 Å². The molecule has 92 valence electrons. The Balaban J connectivity index is 1.80. The molecule has 0 saturated heterocycles. The second-order valence-electron chi connectivity index (χ2n) is 4.41. The van der Waals surface area contributed by atoms with Gasteiger partial charge in [-0.25, -0.2) is 0 Å². The monoisotopic (exact) mass is 281 g/mol. The predicted molar refractivity (Wildman–Crippen MR) is 84.9 cm³/mol. The van der Waals surface area contributed by atoms with Gasteiger partial charge in [0, 0.05) is 4.70 Å². The van der Waals surface area contributed by atoms with E-state index in [-0.39, 0.29) is 0 Å². The van der Waals surface area contributed by atoms with E-state index in [1.807, 2.05) is 11.3 Å². The van der Waals surface area contributed by atoms with E-state index in [1.165, 1.54) is 31.2 Å². The summed E-state index contributed by atoms with van der Waals surface area (Å²) in [7, 11) is 0. The van der Waals surface area contributed by atoms with Crippen LogP contribution in [-0.2, 0) is 0 Å². The van der Waals surface area contributed by atoms with Crippen molar-refractivity contribution in [1.82, 2.24) is 4.98 Å². The van der Waals surface area contributed by atoms with Crippen LogP contribution in [0.2, 0.25) is 0 Å². The Kier molecular flexibility index (Phi) is 2.53. The number of aromatic nitrogens is 1. The highest BCUT2D eigenvalue weighted by molar-refractivity contribution is 7.22. The van der Waals surface area contributed by atoms with Gasteiger partial charge in [-0.3, -0.25) is 0 Å². The molecule has 0 unspecified atom stereocenters. The summed E-state index contributed by atoms with van der Waals surface area (Å²) in [6, 6.07) is 19.3. The lowest BCUT2D eigenvalue weighted by atomic mass is 10.2. The Morgan fingerprint density at radius 1 is 0.789 bits per heavy atom. The second-order valence-corrected chi connectivity index (χ2v) is 6.44. The van der Waals surface area contributed by atoms with Crippen LogP contribution in [0.1, 0.15) is 0 Å². The van der Waals surface area contributed by atoms with Crippen molar-refractivity contribution in [2.45, 2.75) is 0 Å². The summed E-state index contributed by atoms with van der Waals surface area (Å²) < 4.78 is 1.34. The van der Waals surface area contributed by atoms with Crippen molar-refractivity contribution >= 4 is 32.8 Å². The molecule has 0 bridgehead atoms. The molecule has 19 heavy (non-hydrogen) atoms. The van der Waals surface area contributed by atoms with E-state index in [4.69, 9.17) is 0 Å². The standard InChI is InChI=1S/C16H11NS2/c1-2-5-14-11(4-1)10-16(19-14)13-8-7-12(17-13)15-6-3-9-18-15/h1-10,17H. The summed E-state index contributed by atoms with van der Waals surface area (Å²) in [6.07, 6.45) is 0. The summed E-state index contributed by atoms with van der Waals surface area (Å²) in [4.78, 5) is 6.09. The predicted octanol–water partition coefficient (Wildman–Crippen LogP) is 5.62. The van der Waals surface area contributed by atoms with E-state index in [0.717, 1.165) is 0 Å². The minimum Gasteiger partial charge on any atom is -0.353 e. The van der Waals surface area contributed by atoms with Gasteiger partial charge in [-0.15, -0.1) is 22.7 Å². The Labute approximate surface area is 119 Å². The number of hydrogen-bond donors (Lipinski definition) is 1. The molecule has 0 saturated carbocycles. The molecule has 0 spiro atoms. The number of thiophene rings is 2. The largest absolute Gasteiger partial charge is 0.353 e. The minimum absolute atomic E-state index is 1.20. The average Bonchev–Trinajstić information content (AvgIpc) is 3.17. The van der Waals surface area contributed by atoms with Crippen LogP contribution in [-0.4, -0.2) is 4.98 Å². The van der Waals surface area contributed by atoms with Crippen molar-refractivity contribution < 1.29 is 0 Å². The first-order chi connectivity index (χ1) is 9.40. The van der Waals surface area contributed by atoms with Gasteiger partial charge in [-0.2, -0.15) is 0 Å². The van der Waals surface area contributed by atoms with E-state index in [0.29, 0.717) is 0 Å². The van der Waals surface area contributed by atoms with Crippen LogP contribution >= 0.6 is 22.7 Å². The normalized spacial score (nSPS) is 11.2. The summed E-state index contributed by atoms with van der Waals surface area (Å²) in [5.41, 5.74) is 2.40. The lowest BCUT2D eigenvalue weighted by molar-refractivity contribution is 1.43. The molecule has 3 aromatic heterocycles. The van der Waals surface area contributed by atoms with E-state index in [2.05, 4.69) is 65.0 Å². The maximum absolute atomic E-state index is 3.51. The van der Waals surface area contributed by atoms with Crippen molar-refractivity contribution in [2.24, 2.45) is 0 Å². The molecule has 0 aliphatic heterocycles. The molecular formula is C16H11NS2. The molecule has 1 nitrogen and oxygen atoms in total. The number of hydrogen-bond acceptors (Lipinski definition) is 2. The maximum Gasteiger partial charge on any atom is 0.0560 e. The van der Waals surface area contributed by atoms with E-state index >= 15 is 0 Å². The lowest BCUT2D eigenvalue weighted by Crippen LogP contribution is -1.72. The van der Waals surface area contributed by atoms with Crippen LogP contribution in [0, 0.1) is 0 Å². The second kappa shape index (κ2) is 4.37. The minimum atomic E-state index is 1.20.